The number of benzene rings is 2. The Bertz CT molecular complexity index is 770. The van der Waals surface area contributed by atoms with Gasteiger partial charge in [-0.1, -0.05) is 18.2 Å². The summed E-state index contributed by atoms with van der Waals surface area (Å²) in [6, 6.07) is 13.2. The van der Waals surface area contributed by atoms with Crippen molar-refractivity contribution in [1.29, 1.82) is 0 Å². The van der Waals surface area contributed by atoms with Crippen LogP contribution in [0.3, 0.4) is 0 Å². The number of rotatable bonds is 8. The number of anilines is 2. The van der Waals surface area contributed by atoms with E-state index in [9.17, 15) is 9.90 Å². The Morgan fingerprint density at radius 2 is 1.92 bits per heavy atom. The summed E-state index contributed by atoms with van der Waals surface area (Å²) in [5, 5.41) is 17.1. The number of phenolic OH excluding ortho intramolecular Hbond substituents is 1. The van der Waals surface area contributed by atoms with Crippen LogP contribution in [0.15, 0.2) is 47.6 Å². The fourth-order valence-corrected chi connectivity index (χ4v) is 2.59. The van der Waals surface area contributed by atoms with Gasteiger partial charge in [-0.15, -0.1) is 0 Å². The van der Waals surface area contributed by atoms with Crippen molar-refractivity contribution < 1.29 is 9.90 Å². The number of phenols is 1. The lowest BCUT2D eigenvalue weighted by atomic mass is 10.2. The van der Waals surface area contributed by atoms with Gasteiger partial charge in [0.15, 0.2) is 0 Å². The standard InChI is InChI=1S/C20H26N4O2/c1-4-24(5-2)17-11-10-16(19(25)12-17)13-22-23-20(26)14-21-18-9-7-6-8-15(18)3/h6-13,21,25H,4-5,14H2,1-3H3,(H,23,26). The van der Waals surface area contributed by atoms with Crippen molar-refractivity contribution in [2.24, 2.45) is 5.10 Å². The highest BCUT2D eigenvalue weighted by atomic mass is 16.3. The second-order valence-electron chi connectivity index (χ2n) is 5.88. The van der Waals surface area contributed by atoms with Crippen molar-refractivity contribution in [2.75, 3.05) is 29.9 Å². The maximum Gasteiger partial charge on any atom is 0.259 e. The molecule has 0 heterocycles. The predicted octanol–water partition coefficient (Wildman–Crippen LogP) is 3.11. The van der Waals surface area contributed by atoms with Crippen molar-refractivity contribution in [2.45, 2.75) is 20.8 Å². The number of aryl methyl sites for hydroxylation is 1. The van der Waals surface area contributed by atoms with Crippen LogP contribution in [0.4, 0.5) is 11.4 Å². The molecule has 0 aliphatic rings. The van der Waals surface area contributed by atoms with Gasteiger partial charge < -0.3 is 15.3 Å². The summed E-state index contributed by atoms with van der Waals surface area (Å²) < 4.78 is 0. The SMILES string of the molecule is CCN(CC)c1ccc(C=NNC(=O)CNc2ccccc2C)c(O)c1. The molecule has 0 spiro atoms. The molecule has 0 atom stereocenters. The van der Waals surface area contributed by atoms with Crippen LogP contribution in [0, 0.1) is 6.92 Å². The van der Waals surface area contributed by atoms with Crippen molar-refractivity contribution in [1.82, 2.24) is 5.43 Å². The summed E-state index contributed by atoms with van der Waals surface area (Å²) in [6.45, 7) is 7.96. The number of carbonyl (C=O) groups is 1. The Morgan fingerprint density at radius 1 is 1.19 bits per heavy atom. The number of hydrogen-bond donors (Lipinski definition) is 3. The van der Waals surface area contributed by atoms with E-state index in [2.05, 4.69) is 34.6 Å². The van der Waals surface area contributed by atoms with E-state index in [4.69, 9.17) is 0 Å². The summed E-state index contributed by atoms with van der Waals surface area (Å²) in [4.78, 5) is 14.0. The Hall–Kier alpha value is -3.02. The third-order valence-electron chi connectivity index (χ3n) is 4.12. The van der Waals surface area contributed by atoms with Crippen molar-refractivity contribution >= 4 is 23.5 Å². The molecule has 0 bridgehead atoms. The third-order valence-corrected chi connectivity index (χ3v) is 4.12. The third kappa shape index (κ3) is 5.24. The molecular weight excluding hydrogens is 328 g/mol. The summed E-state index contributed by atoms with van der Waals surface area (Å²) in [6.07, 6.45) is 1.44. The van der Waals surface area contributed by atoms with Gasteiger partial charge in [0.05, 0.1) is 12.8 Å². The van der Waals surface area contributed by atoms with Crippen LogP contribution in [0.2, 0.25) is 0 Å². The van der Waals surface area contributed by atoms with Crippen LogP contribution in [0.1, 0.15) is 25.0 Å². The molecule has 0 fully saturated rings. The molecule has 0 saturated carbocycles. The van der Waals surface area contributed by atoms with Gasteiger partial charge in [-0.3, -0.25) is 4.79 Å². The van der Waals surface area contributed by atoms with Gasteiger partial charge in [-0.05, 0) is 44.5 Å². The highest BCUT2D eigenvalue weighted by Crippen LogP contribution is 2.23. The zero-order chi connectivity index (χ0) is 18.9. The molecule has 6 heteroatoms. The number of nitrogens with one attached hydrogen (secondary N) is 2. The van der Waals surface area contributed by atoms with Crippen LogP contribution in [-0.2, 0) is 4.79 Å². The Labute approximate surface area is 154 Å². The van der Waals surface area contributed by atoms with Gasteiger partial charge in [0.25, 0.3) is 5.91 Å². The van der Waals surface area contributed by atoms with E-state index >= 15 is 0 Å². The molecule has 0 aliphatic carbocycles. The first-order chi connectivity index (χ1) is 12.5. The average molecular weight is 354 g/mol. The lowest BCUT2D eigenvalue weighted by Gasteiger charge is -2.21. The Balaban J connectivity index is 1.89. The molecule has 2 aromatic rings. The van der Waals surface area contributed by atoms with Gasteiger partial charge >= 0.3 is 0 Å². The molecule has 3 N–H and O–H groups in total. The van der Waals surface area contributed by atoms with E-state index < -0.39 is 0 Å². The maximum atomic E-state index is 11.9. The van der Waals surface area contributed by atoms with Gasteiger partial charge in [0.1, 0.15) is 5.75 Å². The van der Waals surface area contributed by atoms with E-state index in [1.54, 1.807) is 12.1 Å². The topological polar surface area (TPSA) is 77.0 Å². The zero-order valence-electron chi connectivity index (χ0n) is 15.5. The minimum Gasteiger partial charge on any atom is -0.507 e. The number of carbonyl (C=O) groups excluding carboxylic acids is 1. The van der Waals surface area contributed by atoms with E-state index in [1.165, 1.54) is 6.21 Å². The van der Waals surface area contributed by atoms with Crippen molar-refractivity contribution in [3.63, 3.8) is 0 Å². The first kappa shape index (κ1) is 19.3. The summed E-state index contributed by atoms with van der Waals surface area (Å²) in [5.41, 5.74) is 5.94. The molecule has 2 aromatic carbocycles. The van der Waals surface area contributed by atoms with Crippen molar-refractivity contribution in [3.8, 4) is 5.75 Å². The molecular formula is C20H26N4O2. The molecule has 0 unspecified atom stereocenters. The molecule has 0 saturated heterocycles. The maximum absolute atomic E-state index is 11.9. The lowest BCUT2D eigenvalue weighted by Crippen LogP contribution is -2.26. The molecule has 6 nitrogen and oxygen atoms in total. The summed E-state index contributed by atoms with van der Waals surface area (Å²) >= 11 is 0. The van der Waals surface area contributed by atoms with Gasteiger partial charge in [0, 0.05) is 36.1 Å². The van der Waals surface area contributed by atoms with Crippen molar-refractivity contribution in [3.05, 3.63) is 53.6 Å². The Morgan fingerprint density at radius 3 is 2.58 bits per heavy atom. The number of hydrogen-bond acceptors (Lipinski definition) is 5. The number of para-hydroxylation sites is 1. The number of nitrogens with zero attached hydrogens (tertiary/aromatic N) is 2. The highest BCUT2D eigenvalue weighted by molar-refractivity contribution is 5.87. The number of aromatic hydroxyl groups is 1. The van der Waals surface area contributed by atoms with Crippen LogP contribution < -0.4 is 15.6 Å². The molecule has 2 rings (SSSR count). The fraction of sp³-hybridized carbons (Fsp3) is 0.300. The first-order valence-corrected chi connectivity index (χ1v) is 8.74. The molecule has 26 heavy (non-hydrogen) atoms. The minimum absolute atomic E-state index is 0.120. The molecule has 1 amide bonds. The van der Waals surface area contributed by atoms with Crippen LogP contribution in [0.25, 0.3) is 0 Å². The van der Waals surface area contributed by atoms with Crippen LogP contribution in [0.5, 0.6) is 5.75 Å². The number of hydrazone groups is 1. The van der Waals surface area contributed by atoms with Gasteiger partial charge in [-0.2, -0.15) is 5.10 Å². The average Bonchev–Trinajstić information content (AvgIpc) is 2.64. The monoisotopic (exact) mass is 354 g/mol. The lowest BCUT2D eigenvalue weighted by molar-refractivity contribution is -0.119. The highest BCUT2D eigenvalue weighted by Gasteiger charge is 2.06. The second-order valence-corrected chi connectivity index (χ2v) is 5.88. The molecule has 0 aliphatic heterocycles. The second kappa shape index (κ2) is 9.46. The minimum atomic E-state index is -0.260. The largest absolute Gasteiger partial charge is 0.507 e. The molecule has 0 radical (unpaired) electrons. The quantitative estimate of drug-likeness (QED) is 0.503. The Kier molecular flexibility index (Phi) is 7.02. The summed E-state index contributed by atoms with van der Waals surface area (Å²) in [7, 11) is 0. The van der Waals surface area contributed by atoms with E-state index in [0.717, 1.165) is 30.0 Å². The van der Waals surface area contributed by atoms with E-state index in [1.807, 2.05) is 37.3 Å². The first-order valence-electron chi connectivity index (χ1n) is 8.74. The zero-order valence-corrected chi connectivity index (χ0v) is 15.5. The van der Waals surface area contributed by atoms with Gasteiger partial charge in [-0.25, -0.2) is 5.43 Å². The van der Waals surface area contributed by atoms with Gasteiger partial charge in [0.2, 0.25) is 0 Å². The molecule has 138 valence electrons. The predicted molar refractivity (Wildman–Crippen MR) is 107 cm³/mol. The van der Waals surface area contributed by atoms with Crippen LogP contribution >= 0.6 is 0 Å². The van der Waals surface area contributed by atoms with Crippen LogP contribution in [-0.4, -0.2) is 36.9 Å². The summed E-state index contributed by atoms with van der Waals surface area (Å²) in [5.74, 6) is -0.130. The van der Waals surface area contributed by atoms with E-state index in [-0.39, 0.29) is 18.2 Å². The smallest absolute Gasteiger partial charge is 0.259 e. The molecule has 0 aromatic heterocycles. The normalized spacial score (nSPS) is 10.7. The fourth-order valence-electron chi connectivity index (χ4n) is 2.59. The van der Waals surface area contributed by atoms with E-state index in [0.29, 0.717) is 5.56 Å². The number of amides is 1.